The van der Waals surface area contributed by atoms with Crippen LogP contribution in [0, 0.1) is 18.6 Å². The number of aromatic carboxylic acids is 1. The Bertz CT molecular complexity index is 1710. The summed E-state index contributed by atoms with van der Waals surface area (Å²) in [6, 6.07) is 18.7. The highest BCUT2D eigenvalue weighted by Gasteiger charge is 2.30. The fraction of sp³-hybridized carbons (Fsp3) is 0.242. The Labute approximate surface area is 252 Å². The summed E-state index contributed by atoms with van der Waals surface area (Å²) in [7, 11) is 0. The Hall–Kier alpha value is -5.03. The van der Waals surface area contributed by atoms with Gasteiger partial charge in [0.1, 0.15) is 23.2 Å². The topological polar surface area (TPSA) is 124 Å². The first-order valence-electron chi connectivity index (χ1n) is 14.0. The number of hydrogen-bond acceptors (Lipinski definition) is 7. The molecule has 5 rings (SSSR count). The summed E-state index contributed by atoms with van der Waals surface area (Å²) < 4.78 is 49.1. The largest absolute Gasteiger partial charge is 0.484 e. The first-order chi connectivity index (χ1) is 21.1. The van der Waals surface area contributed by atoms with Gasteiger partial charge in [-0.3, -0.25) is 4.79 Å². The molecule has 0 aliphatic carbocycles. The number of carbonyl (C=O) groups excluding carboxylic acids is 1. The second kappa shape index (κ2) is 13.1. The van der Waals surface area contributed by atoms with Crippen LogP contribution < -0.4 is 19.9 Å². The van der Waals surface area contributed by atoms with E-state index in [0.717, 1.165) is 16.7 Å². The van der Waals surface area contributed by atoms with Crippen molar-refractivity contribution in [3.05, 3.63) is 95.1 Å². The maximum atomic E-state index is 15.9. The molecule has 3 aromatic carbocycles. The first kappa shape index (κ1) is 30.4. The van der Waals surface area contributed by atoms with E-state index in [4.69, 9.17) is 19.9 Å². The number of ether oxygens (including phenoxy) is 3. The number of carboxylic acids is 1. The third-order valence-electron chi connectivity index (χ3n) is 7.27. The number of rotatable bonds is 9. The third kappa shape index (κ3) is 6.78. The van der Waals surface area contributed by atoms with E-state index in [0.29, 0.717) is 38.0 Å². The van der Waals surface area contributed by atoms with Crippen molar-refractivity contribution in [1.82, 2.24) is 9.88 Å². The molecule has 44 heavy (non-hydrogen) atoms. The predicted octanol–water partition coefficient (Wildman–Crippen LogP) is 6.47. The summed E-state index contributed by atoms with van der Waals surface area (Å²) >= 11 is 0. The average Bonchev–Trinajstić information content (AvgIpc) is 3.02. The van der Waals surface area contributed by atoms with Crippen molar-refractivity contribution in [3.8, 4) is 40.1 Å². The number of benzene rings is 3. The van der Waals surface area contributed by atoms with Crippen LogP contribution in [-0.2, 0) is 11.3 Å². The fourth-order valence-corrected chi connectivity index (χ4v) is 4.90. The average molecular weight is 604 g/mol. The number of amides is 1. The molecular weight excluding hydrogens is 572 g/mol. The van der Waals surface area contributed by atoms with Gasteiger partial charge in [0.2, 0.25) is 23.3 Å². The van der Waals surface area contributed by atoms with Gasteiger partial charge in [-0.2, -0.15) is 13.8 Å². The highest BCUT2D eigenvalue weighted by atomic mass is 19.1. The summed E-state index contributed by atoms with van der Waals surface area (Å²) in [5.41, 5.74) is 8.73. The highest BCUT2D eigenvalue weighted by Crippen LogP contribution is 2.40. The van der Waals surface area contributed by atoms with Gasteiger partial charge in [-0.1, -0.05) is 36.4 Å². The van der Waals surface area contributed by atoms with Crippen LogP contribution in [0.2, 0.25) is 0 Å². The molecular formula is C33H31F2N3O6. The molecule has 1 aromatic heterocycles. The van der Waals surface area contributed by atoms with Crippen LogP contribution in [-0.4, -0.2) is 46.1 Å². The van der Waals surface area contributed by atoms with E-state index >= 15 is 8.78 Å². The monoisotopic (exact) mass is 603 g/mol. The van der Waals surface area contributed by atoms with E-state index < -0.39 is 41.2 Å². The molecule has 1 fully saturated rings. The number of hydrogen-bond donors (Lipinski definition) is 2. The van der Waals surface area contributed by atoms with Crippen LogP contribution in [0.5, 0.6) is 29.0 Å². The lowest BCUT2D eigenvalue weighted by Crippen LogP contribution is -2.40. The Balaban J connectivity index is 1.53. The van der Waals surface area contributed by atoms with E-state index in [1.54, 1.807) is 36.1 Å². The molecule has 228 valence electrons. The smallest absolute Gasteiger partial charge is 0.339 e. The lowest BCUT2D eigenvalue weighted by atomic mass is 10.0. The molecule has 11 heteroatoms. The zero-order valence-electron chi connectivity index (χ0n) is 24.2. The standard InChI is InChI=1S/C33H31F2N3O6/c1-19-9-10-26(33(40)41)27(15-19)44-32-29(35)30(42-24-11-13-38(14-12-24)20(2)39)28(34)31(37-32)43-25-8-4-7-23(17-25)22-6-3-5-21(16-22)18-36/h3-10,15-17,24H,11-14,18,36H2,1-2H3,(H,40,41). The van der Waals surface area contributed by atoms with Crippen LogP contribution in [0.25, 0.3) is 11.1 Å². The maximum absolute atomic E-state index is 15.9. The van der Waals surface area contributed by atoms with Gasteiger partial charge < -0.3 is 30.0 Å². The van der Waals surface area contributed by atoms with Crippen molar-refractivity contribution in [1.29, 1.82) is 0 Å². The fourth-order valence-electron chi connectivity index (χ4n) is 4.90. The molecule has 4 aromatic rings. The molecule has 0 unspecified atom stereocenters. The van der Waals surface area contributed by atoms with Crippen molar-refractivity contribution < 1.29 is 37.7 Å². The van der Waals surface area contributed by atoms with E-state index in [2.05, 4.69) is 4.98 Å². The van der Waals surface area contributed by atoms with Crippen LogP contribution in [0.1, 0.15) is 41.3 Å². The number of carbonyl (C=O) groups is 2. The van der Waals surface area contributed by atoms with Crippen molar-refractivity contribution >= 4 is 11.9 Å². The van der Waals surface area contributed by atoms with Crippen LogP contribution in [0.15, 0.2) is 66.7 Å². The SMILES string of the molecule is CC(=O)N1CCC(Oc2c(F)c(Oc3cccc(-c4cccc(CN)c4)c3)nc(Oc3cc(C)ccc3C(=O)O)c2F)CC1. The number of likely N-dealkylation sites (tertiary alicyclic amines) is 1. The summed E-state index contributed by atoms with van der Waals surface area (Å²) in [5.74, 6) is -5.97. The van der Waals surface area contributed by atoms with E-state index in [9.17, 15) is 14.7 Å². The lowest BCUT2D eigenvalue weighted by molar-refractivity contribution is -0.130. The van der Waals surface area contributed by atoms with Gasteiger partial charge in [0.05, 0.1) is 0 Å². The normalized spacial score (nSPS) is 13.4. The summed E-state index contributed by atoms with van der Waals surface area (Å²) in [5, 5.41) is 9.64. The van der Waals surface area contributed by atoms with Crippen molar-refractivity contribution in [2.75, 3.05) is 13.1 Å². The maximum Gasteiger partial charge on any atom is 0.339 e. The zero-order valence-corrected chi connectivity index (χ0v) is 24.2. The molecule has 9 nitrogen and oxygen atoms in total. The molecule has 1 aliphatic heterocycles. The number of aryl methyl sites for hydroxylation is 1. The molecule has 1 amide bonds. The van der Waals surface area contributed by atoms with E-state index in [1.807, 2.05) is 30.3 Å². The molecule has 0 radical (unpaired) electrons. The summed E-state index contributed by atoms with van der Waals surface area (Å²) in [6.07, 6.45) is 0.0837. The Morgan fingerprint density at radius 1 is 0.955 bits per heavy atom. The highest BCUT2D eigenvalue weighted by molar-refractivity contribution is 5.91. The van der Waals surface area contributed by atoms with Gasteiger partial charge in [0.25, 0.3) is 11.8 Å². The third-order valence-corrected chi connectivity index (χ3v) is 7.27. The number of carboxylic acid groups (broad SMARTS) is 1. The Kier molecular flexibility index (Phi) is 9.05. The van der Waals surface area contributed by atoms with Gasteiger partial charge in [-0.15, -0.1) is 0 Å². The minimum absolute atomic E-state index is 0.0968. The van der Waals surface area contributed by atoms with E-state index in [1.165, 1.54) is 19.1 Å². The number of halogens is 2. The predicted molar refractivity (Wildman–Crippen MR) is 158 cm³/mol. The van der Waals surface area contributed by atoms with Gasteiger partial charge in [-0.25, -0.2) is 4.79 Å². The van der Waals surface area contributed by atoms with Crippen LogP contribution >= 0.6 is 0 Å². The van der Waals surface area contributed by atoms with Crippen LogP contribution in [0.4, 0.5) is 8.78 Å². The van der Waals surface area contributed by atoms with Gasteiger partial charge in [0, 0.05) is 39.4 Å². The minimum Gasteiger partial charge on any atom is -0.484 e. The molecule has 1 saturated heterocycles. The molecule has 0 bridgehead atoms. The Morgan fingerprint density at radius 2 is 1.61 bits per heavy atom. The molecule has 0 atom stereocenters. The number of piperidine rings is 1. The Morgan fingerprint density at radius 3 is 2.27 bits per heavy atom. The van der Waals surface area contributed by atoms with Crippen molar-refractivity contribution in [2.24, 2.45) is 5.73 Å². The zero-order chi connectivity index (χ0) is 31.4. The van der Waals surface area contributed by atoms with Gasteiger partial charge >= 0.3 is 5.97 Å². The van der Waals surface area contributed by atoms with Gasteiger partial charge in [-0.05, 0) is 59.5 Å². The van der Waals surface area contributed by atoms with E-state index in [-0.39, 0.29) is 23.0 Å². The molecule has 0 spiro atoms. The summed E-state index contributed by atoms with van der Waals surface area (Å²) in [4.78, 5) is 29.2. The lowest BCUT2D eigenvalue weighted by Gasteiger charge is -2.31. The van der Waals surface area contributed by atoms with Crippen LogP contribution in [0.3, 0.4) is 0 Å². The summed E-state index contributed by atoms with van der Waals surface area (Å²) in [6.45, 7) is 4.25. The number of aromatic nitrogens is 1. The second-order valence-electron chi connectivity index (χ2n) is 10.4. The number of nitrogens with zero attached hydrogens (tertiary/aromatic N) is 2. The first-order valence-corrected chi connectivity index (χ1v) is 14.0. The quantitative estimate of drug-likeness (QED) is 0.223. The van der Waals surface area contributed by atoms with Gasteiger partial charge in [0.15, 0.2) is 0 Å². The second-order valence-corrected chi connectivity index (χ2v) is 10.4. The number of nitrogens with two attached hydrogens (primary N) is 1. The van der Waals surface area contributed by atoms with Crippen molar-refractivity contribution in [3.63, 3.8) is 0 Å². The molecule has 2 heterocycles. The minimum atomic E-state index is -1.30. The molecule has 0 saturated carbocycles. The van der Waals surface area contributed by atoms with Crippen molar-refractivity contribution in [2.45, 2.75) is 39.3 Å². The molecule has 3 N–H and O–H groups in total. The molecule has 1 aliphatic rings. The number of pyridine rings is 1.